The molecule has 4 unspecified atom stereocenters. The Morgan fingerprint density at radius 1 is 0.864 bits per heavy atom. The van der Waals surface area contributed by atoms with Crippen LogP contribution in [0, 0.1) is 0 Å². The van der Waals surface area contributed by atoms with E-state index in [2.05, 4.69) is 0 Å². The maximum absolute atomic E-state index is 8.72. The van der Waals surface area contributed by atoms with Crippen LogP contribution in [0.2, 0.25) is 0 Å². The van der Waals surface area contributed by atoms with Crippen molar-refractivity contribution >= 4 is 0 Å². The van der Waals surface area contributed by atoms with Crippen LogP contribution in [0.3, 0.4) is 0 Å². The zero-order valence-corrected chi connectivity index (χ0v) is 15.1. The summed E-state index contributed by atoms with van der Waals surface area (Å²) in [7, 11) is 1.66. The minimum Gasteiger partial charge on any atom is -0.394 e. The Morgan fingerprint density at radius 2 is 1.41 bits per heavy atom. The Balaban J connectivity index is 0. The molecule has 0 bridgehead atoms. The van der Waals surface area contributed by atoms with E-state index in [9.17, 15) is 0 Å². The van der Waals surface area contributed by atoms with Gasteiger partial charge in [0, 0.05) is 13.7 Å². The molecule has 0 saturated carbocycles. The number of hydrogen-bond acceptors (Lipinski definition) is 6. The van der Waals surface area contributed by atoms with Crippen LogP contribution in [0.15, 0.2) is 0 Å². The van der Waals surface area contributed by atoms with E-state index in [0.717, 1.165) is 13.0 Å². The van der Waals surface area contributed by atoms with Crippen molar-refractivity contribution in [3.8, 4) is 0 Å². The van der Waals surface area contributed by atoms with Crippen LogP contribution in [-0.4, -0.2) is 74.8 Å². The number of ether oxygens (including phenoxy) is 4. The van der Waals surface area contributed by atoms with Gasteiger partial charge in [0.05, 0.1) is 50.8 Å². The predicted molar refractivity (Wildman–Crippen MR) is 87.2 cm³/mol. The molecule has 0 saturated heterocycles. The Morgan fingerprint density at radius 3 is 1.86 bits per heavy atom. The zero-order valence-electron chi connectivity index (χ0n) is 15.1. The molecule has 4 atom stereocenters. The monoisotopic (exact) mass is 324 g/mol. The highest BCUT2D eigenvalue weighted by molar-refractivity contribution is 4.53. The fourth-order valence-corrected chi connectivity index (χ4v) is 1.17. The summed E-state index contributed by atoms with van der Waals surface area (Å²) in [4.78, 5) is 0. The maximum atomic E-state index is 8.72. The second-order valence-electron chi connectivity index (χ2n) is 5.44. The van der Waals surface area contributed by atoms with Gasteiger partial charge in [-0.2, -0.15) is 0 Å². The highest BCUT2D eigenvalue weighted by atomic mass is 16.6. The van der Waals surface area contributed by atoms with Gasteiger partial charge in [-0.05, 0) is 34.1 Å². The van der Waals surface area contributed by atoms with Crippen LogP contribution in [0.25, 0.3) is 0 Å². The van der Waals surface area contributed by atoms with E-state index < -0.39 is 0 Å². The molecule has 22 heavy (non-hydrogen) atoms. The Labute approximate surface area is 135 Å². The number of rotatable bonds is 12. The molecular formula is C16H36O6. The summed E-state index contributed by atoms with van der Waals surface area (Å²) in [5.74, 6) is 0. The van der Waals surface area contributed by atoms with Crippen LogP contribution in [-0.2, 0) is 18.9 Å². The van der Waals surface area contributed by atoms with E-state index in [-0.39, 0.29) is 31.0 Å². The van der Waals surface area contributed by atoms with Gasteiger partial charge in [0.15, 0.2) is 0 Å². The molecule has 0 aliphatic rings. The molecule has 6 heteroatoms. The second-order valence-corrected chi connectivity index (χ2v) is 5.44. The summed E-state index contributed by atoms with van der Waals surface area (Å²) in [6, 6.07) is 0. The van der Waals surface area contributed by atoms with Gasteiger partial charge in [-0.1, -0.05) is 6.92 Å². The van der Waals surface area contributed by atoms with Gasteiger partial charge in [-0.3, -0.25) is 0 Å². The van der Waals surface area contributed by atoms with Gasteiger partial charge in [-0.15, -0.1) is 0 Å². The summed E-state index contributed by atoms with van der Waals surface area (Å²) in [6.45, 7) is 11.8. The van der Waals surface area contributed by atoms with Crippen LogP contribution in [0.5, 0.6) is 0 Å². The standard InChI is InChI=1S/C10H22O4.C6H14O2/c1-8(5-11)13-7-10(3)14-6-9(2)12-4;1-3-4-8-5-6(2)7/h8-11H,5-7H2,1-4H3;6-7H,3-5H2,1-2H3. The largest absolute Gasteiger partial charge is 0.394 e. The lowest BCUT2D eigenvalue weighted by Crippen LogP contribution is -2.25. The molecular weight excluding hydrogens is 288 g/mol. The lowest BCUT2D eigenvalue weighted by molar-refractivity contribution is -0.0677. The smallest absolute Gasteiger partial charge is 0.0781 e. The van der Waals surface area contributed by atoms with Gasteiger partial charge in [0.2, 0.25) is 0 Å². The first-order chi connectivity index (χ1) is 10.4. The fourth-order valence-electron chi connectivity index (χ4n) is 1.17. The molecule has 0 aromatic heterocycles. The zero-order chi connectivity index (χ0) is 17.4. The first-order valence-electron chi connectivity index (χ1n) is 7.99. The van der Waals surface area contributed by atoms with Crippen molar-refractivity contribution < 1.29 is 29.2 Å². The third-order valence-electron chi connectivity index (χ3n) is 2.60. The third-order valence-corrected chi connectivity index (χ3v) is 2.60. The molecule has 0 rings (SSSR count). The number of aliphatic hydroxyl groups excluding tert-OH is 2. The summed E-state index contributed by atoms with van der Waals surface area (Å²) in [5, 5.41) is 17.4. The lowest BCUT2D eigenvalue weighted by Gasteiger charge is -2.18. The first-order valence-corrected chi connectivity index (χ1v) is 7.99. The summed E-state index contributed by atoms with van der Waals surface area (Å²) in [5.41, 5.74) is 0. The normalized spacial score (nSPS) is 16.4. The molecule has 0 fully saturated rings. The number of methoxy groups -OCH3 is 1. The van der Waals surface area contributed by atoms with Gasteiger partial charge in [0.1, 0.15) is 0 Å². The average Bonchev–Trinajstić information content (AvgIpc) is 2.50. The summed E-state index contributed by atoms with van der Waals surface area (Å²) >= 11 is 0. The highest BCUT2D eigenvalue weighted by Gasteiger charge is 2.08. The molecule has 0 aromatic rings. The molecule has 0 aromatic carbocycles. The molecule has 136 valence electrons. The second kappa shape index (κ2) is 17.1. The first kappa shape index (κ1) is 24.0. The van der Waals surface area contributed by atoms with Gasteiger partial charge in [-0.25, -0.2) is 0 Å². The van der Waals surface area contributed by atoms with Crippen LogP contribution in [0.1, 0.15) is 41.0 Å². The fraction of sp³-hybridized carbons (Fsp3) is 1.00. The van der Waals surface area contributed by atoms with E-state index in [4.69, 9.17) is 29.2 Å². The topological polar surface area (TPSA) is 77.4 Å². The van der Waals surface area contributed by atoms with Gasteiger partial charge < -0.3 is 29.2 Å². The molecule has 0 heterocycles. The molecule has 0 amide bonds. The Bertz CT molecular complexity index is 199. The van der Waals surface area contributed by atoms with Crippen molar-refractivity contribution in [3.63, 3.8) is 0 Å². The minimum atomic E-state index is -0.318. The van der Waals surface area contributed by atoms with E-state index in [1.165, 1.54) is 0 Å². The molecule has 0 spiro atoms. The number of aliphatic hydroxyl groups is 2. The van der Waals surface area contributed by atoms with Crippen LogP contribution < -0.4 is 0 Å². The molecule has 2 N–H and O–H groups in total. The highest BCUT2D eigenvalue weighted by Crippen LogP contribution is 1.98. The Kier molecular flexibility index (Phi) is 18.7. The van der Waals surface area contributed by atoms with E-state index >= 15 is 0 Å². The van der Waals surface area contributed by atoms with Crippen LogP contribution in [0.4, 0.5) is 0 Å². The van der Waals surface area contributed by atoms with Crippen molar-refractivity contribution in [1.82, 2.24) is 0 Å². The maximum Gasteiger partial charge on any atom is 0.0781 e. The summed E-state index contributed by atoms with van der Waals surface area (Å²) in [6.07, 6.45) is 0.712. The van der Waals surface area contributed by atoms with E-state index in [0.29, 0.717) is 19.8 Å². The van der Waals surface area contributed by atoms with Gasteiger partial charge in [0.25, 0.3) is 0 Å². The molecule has 6 nitrogen and oxygen atoms in total. The van der Waals surface area contributed by atoms with Crippen molar-refractivity contribution in [2.45, 2.75) is 65.5 Å². The van der Waals surface area contributed by atoms with E-state index in [1.54, 1.807) is 14.0 Å². The van der Waals surface area contributed by atoms with Gasteiger partial charge >= 0.3 is 0 Å². The summed E-state index contributed by atoms with van der Waals surface area (Å²) < 4.78 is 20.8. The van der Waals surface area contributed by atoms with Crippen molar-refractivity contribution in [3.05, 3.63) is 0 Å². The van der Waals surface area contributed by atoms with Crippen molar-refractivity contribution in [2.75, 3.05) is 40.1 Å². The molecule has 0 aliphatic heterocycles. The SMILES string of the molecule is CCCOCC(C)O.COC(C)COC(C)COC(C)CO. The third kappa shape index (κ3) is 19.8. The minimum absolute atomic E-state index is 0.0293. The van der Waals surface area contributed by atoms with Crippen LogP contribution >= 0.6 is 0 Å². The predicted octanol–water partition coefficient (Wildman–Crippen LogP) is 1.62. The van der Waals surface area contributed by atoms with Crippen molar-refractivity contribution in [1.29, 1.82) is 0 Å². The molecule has 0 radical (unpaired) electrons. The molecule has 0 aliphatic carbocycles. The average molecular weight is 324 g/mol. The lowest BCUT2D eigenvalue weighted by atomic mass is 10.4. The number of hydrogen-bond donors (Lipinski definition) is 2. The quantitative estimate of drug-likeness (QED) is 0.531. The Hall–Kier alpha value is -0.240. The van der Waals surface area contributed by atoms with Crippen molar-refractivity contribution in [2.24, 2.45) is 0 Å². The van der Waals surface area contributed by atoms with E-state index in [1.807, 2.05) is 27.7 Å².